The van der Waals surface area contributed by atoms with Crippen molar-refractivity contribution in [2.45, 2.75) is 39.0 Å². The first-order chi connectivity index (χ1) is 17.4. The fraction of sp³-hybridized carbons (Fsp3) is 0.542. The van der Waals surface area contributed by atoms with E-state index in [0.29, 0.717) is 37.4 Å². The molecule has 0 saturated heterocycles. The quantitative estimate of drug-likeness (QED) is 0.0557. The first-order valence-electron chi connectivity index (χ1n) is 11.2. The van der Waals surface area contributed by atoms with E-state index >= 15 is 0 Å². The fourth-order valence-corrected chi connectivity index (χ4v) is 3.28. The van der Waals surface area contributed by atoms with E-state index in [-0.39, 0.29) is 39.3 Å². The molecule has 10 nitrogen and oxygen atoms in total. The van der Waals surface area contributed by atoms with Crippen molar-refractivity contribution in [3.05, 3.63) is 23.0 Å². The number of hydrogen-bond acceptors (Lipinski definition) is 12. The highest BCUT2D eigenvalue weighted by Crippen LogP contribution is 2.07. The average Bonchev–Trinajstić information content (AvgIpc) is 2.86. The number of ether oxygens (including phenoxy) is 5. The van der Waals surface area contributed by atoms with Crippen LogP contribution < -0.4 is 0 Å². The molecule has 12 heteroatoms. The third-order valence-corrected chi connectivity index (χ3v) is 5.35. The Hall–Kier alpha value is -2.91. The van der Waals surface area contributed by atoms with Crippen LogP contribution in [0, 0.1) is 12.3 Å². The van der Waals surface area contributed by atoms with Crippen molar-refractivity contribution in [1.82, 2.24) is 0 Å². The van der Waals surface area contributed by atoms with Crippen molar-refractivity contribution in [1.29, 1.82) is 0 Å². The molecule has 0 rings (SSSR count). The molecule has 0 saturated carbocycles. The molecule has 0 unspecified atom stereocenters. The molecule has 36 heavy (non-hydrogen) atoms. The maximum absolute atomic E-state index is 11.7. The Morgan fingerprint density at radius 1 is 0.694 bits per heavy atom. The number of thioether (sulfide) groups is 2. The molecule has 0 fully saturated rings. The molecule has 0 radical (unpaired) electrons. The van der Waals surface area contributed by atoms with Gasteiger partial charge in [-0.1, -0.05) is 0 Å². The van der Waals surface area contributed by atoms with Crippen LogP contribution in [-0.2, 0) is 47.7 Å². The molecule has 0 heterocycles. The normalized spacial score (nSPS) is 10.6. The van der Waals surface area contributed by atoms with Crippen LogP contribution in [0.4, 0.5) is 0 Å². The van der Waals surface area contributed by atoms with E-state index in [4.69, 9.17) is 25.4 Å². The summed E-state index contributed by atoms with van der Waals surface area (Å²) in [5.74, 6) is 0.472. The van der Waals surface area contributed by atoms with Crippen LogP contribution in [0.1, 0.15) is 39.0 Å². The van der Waals surface area contributed by atoms with Gasteiger partial charge in [-0.15, -0.1) is 29.9 Å². The van der Waals surface area contributed by atoms with E-state index in [1.54, 1.807) is 17.7 Å². The van der Waals surface area contributed by atoms with E-state index in [9.17, 15) is 24.0 Å². The smallest absolute Gasteiger partial charge is 0.384 e. The monoisotopic (exact) mass is 544 g/mol. The standard InChI is InChI=1S/C24H32O10S2/c1-3-20(25)31-12-5-13-32-24(29)11-19-36-17-7-15-34-22(27)9-8-21(26)33-14-6-16-35-18-10-23(28)30-4-2/h1,10-11,18-19H,4-9,12-17H2,2H3/b18-10+,19-11+. The van der Waals surface area contributed by atoms with Crippen LogP contribution >= 0.6 is 23.5 Å². The Labute approximate surface area is 219 Å². The summed E-state index contributed by atoms with van der Waals surface area (Å²) in [5.41, 5.74) is 0. The van der Waals surface area contributed by atoms with Crippen molar-refractivity contribution in [2.75, 3.05) is 44.5 Å². The number of terminal acetylenes is 1. The summed E-state index contributed by atoms with van der Waals surface area (Å²) in [4.78, 5) is 56.6. The maximum atomic E-state index is 11.7. The van der Waals surface area contributed by atoms with Crippen LogP contribution in [0.25, 0.3) is 0 Å². The van der Waals surface area contributed by atoms with Gasteiger partial charge in [0.2, 0.25) is 0 Å². The number of hydrogen-bond donors (Lipinski definition) is 0. The molecule has 0 spiro atoms. The van der Waals surface area contributed by atoms with Crippen LogP contribution in [0.3, 0.4) is 0 Å². The van der Waals surface area contributed by atoms with E-state index < -0.39 is 29.8 Å². The molecule has 200 valence electrons. The lowest BCUT2D eigenvalue weighted by molar-refractivity contribution is -0.150. The van der Waals surface area contributed by atoms with Gasteiger partial charge in [-0.05, 0) is 30.6 Å². The summed E-state index contributed by atoms with van der Waals surface area (Å²) in [6, 6.07) is 0. The average molecular weight is 545 g/mol. The molecule has 0 aliphatic rings. The maximum Gasteiger partial charge on any atom is 0.384 e. The van der Waals surface area contributed by atoms with Crippen molar-refractivity contribution in [2.24, 2.45) is 0 Å². The van der Waals surface area contributed by atoms with Crippen LogP contribution in [0.5, 0.6) is 0 Å². The summed E-state index contributed by atoms with van der Waals surface area (Å²) in [5, 5.41) is 3.21. The third-order valence-electron chi connectivity index (χ3n) is 3.64. The van der Waals surface area contributed by atoms with Gasteiger partial charge in [-0.2, -0.15) is 0 Å². The van der Waals surface area contributed by atoms with Gasteiger partial charge in [0.25, 0.3) is 0 Å². The van der Waals surface area contributed by atoms with E-state index in [0.717, 1.165) is 0 Å². The van der Waals surface area contributed by atoms with Crippen LogP contribution in [0.15, 0.2) is 23.0 Å². The fourth-order valence-electron chi connectivity index (χ4n) is 2.03. The first kappa shape index (κ1) is 33.1. The summed E-state index contributed by atoms with van der Waals surface area (Å²) >= 11 is 2.76. The molecular formula is C24H32O10S2. The second-order valence-electron chi connectivity index (χ2n) is 6.55. The van der Waals surface area contributed by atoms with Gasteiger partial charge in [-0.25, -0.2) is 14.4 Å². The van der Waals surface area contributed by atoms with Crippen LogP contribution in [-0.4, -0.2) is 74.4 Å². The molecule has 0 aliphatic carbocycles. The van der Waals surface area contributed by atoms with Gasteiger partial charge < -0.3 is 23.7 Å². The zero-order chi connectivity index (χ0) is 26.9. The second kappa shape index (κ2) is 23.8. The van der Waals surface area contributed by atoms with Gasteiger partial charge in [0.05, 0.1) is 45.9 Å². The number of carbonyl (C=O) groups is 5. The van der Waals surface area contributed by atoms with Gasteiger partial charge >= 0.3 is 29.8 Å². The highest BCUT2D eigenvalue weighted by Gasteiger charge is 2.09. The Morgan fingerprint density at radius 3 is 1.67 bits per heavy atom. The largest absolute Gasteiger partial charge is 0.466 e. The number of esters is 5. The molecular weight excluding hydrogens is 512 g/mol. The number of rotatable bonds is 20. The molecule has 0 aromatic heterocycles. The van der Waals surface area contributed by atoms with Crippen LogP contribution in [0.2, 0.25) is 0 Å². The summed E-state index contributed by atoms with van der Waals surface area (Å²) in [7, 11) is 0. The number of carbonyl (C=O) groups excluding carboxylic acids is 5. The molecule has 0 amide bonds. The van der Waals surface area contributed by atoms with Gasteiger partial charge in [-0.3, -0.25) is 9.59 Å². The lowest BCUT2D eigenvalue weighted by Crippen LogP contribution is -2.12. The summed E-state index contributed by atoms with van der Waals surface area (Å²) in [6.07, 6.45) is 8.87. The predicted molar refractivity (Wildman–Crippen MR) is 136 cm³/mol. The van der Waals surface area contributed by atoms with Crippen molar-refractivity contribution in [3.63, 3.8) is 0 Å². The highest BCUT2D eigenvalue weighted by molar-refractivity contribution is 8.02. The molecule has 0 atom stereocenters. The topological polar surface area (TPSA) is 132 Å². The molecule has 0 aromatic carbocycles. The van der Waals surface area contributed by atoms with Gasteiger partial charge in [0.1, 0.15) is 0 Å². The second-order valence-corrected chi connectivity index (χ2v) is 8.58. The Balaban J connectivity index is 3.59. The molecule has 0 N–H and O–H groups in total. The van der Waals surface area contributed by atoms with E-state index in [1.165, 1.54) is 35.7 Å². The lowest BCUT2D eigenvalue weighted by atomic mass is 10.3. The van der Waals surface area contributed by atoms with Crippen molar-refractivity contribution >= 4 is 53.4 Å². The van der Waals surface area contributed by atoms with Gasteiger partial charge in [0.15, 0.2) is 0 Å². The summed E-state index contributed by atoms with van der Waals surface area (Å²) < 4.78 is 24.4. The third kappa shape index (κ3) is 22.9. The minimum atomic E-state index is -0.758. The SMILES string of the molecule is C#CC(=O)OCCCOC(=O)/C=C/SCCCOC(=O)CCC(=O)OCCCS/C=C/C(=O)OCC. The molecule has 0 aromatic rings. The van der Waals surface area contributed by atoms with Crippen molar-refractivity contribution in [3.8, 4) is 12.3 Å². The van der Waals surface area contributed by atoms with Gasteiger partial charge in [0, 0.05) is 36.0 Å². The molecule has 0 aliphatic heterocycles. The highest BCUT2D eigenvalue weighted by atomic mass is 32.2. The van der Waals surface area contributed by atoms with Crippen molar-refractivity contribution < 1.29 is 47.7 Å². The Bertz CT molecular complexity index is 786. The zero-order valence-electron chi connectivity index (χ0n) is 20.3. The van der Waals surface area contributed by atoms with E-state index in [2.05, 4.69) is 4.74 Å². The predicted octanol–water partition coefficient (Wildman–Crippen LogP) is 2.80. The lowest BCUT2D eigenvalue weighted by Gasteiger charge is -2.05. The minimum Gasteiger partial charge on any atom is -0.466 e. The van der Waals surface area contributed by atoms with E-state index in [1.807, 2.05) is 5.92 Å². The zero-order valence-corrected chi connectivity index (χ0v) is 21.9. The molecule has 0 bridgehead atoms. The summed E-state index contributed by atoms with van der Waals surface area (Å²) in [6.45, 7) is 2.67. The Kier molecular flexibility index (Phi) is 21.9. The minimum absolute atomic E-state index is 0.0549. The Morgan fingerprint density at radius 2 is 1.17 bits per heavy atom. The first-order valence-corrected chi connectivity index (χ1v) is 13.3.